The standard InChI is InChI=1S/C12H19N3O5S/c1-7-11(10(12(17)18)14-13-7)21(19,20)15-9-5-3-2-4-8(9)6-16/h8-9,15-16H,2-6H2,1H3,(H,13,14)(H,17,18). The van der Waals surface area contributed by atoms with Crippen LogP contribution in [0.1, 0.15) is 41.9 Å². The van der Waals surface area contributed by atoms with E-state index in [1.54, 1.807) is 0 Å². The number of aliphatic hydroxyl groups excluding tert-OH is 1. The average Bonchev–Trinajstić information content (AvgIpc) is 2.82. The van der Waals surface area contributed by atoms with Gasteiger partial charge in [0.25, 0.3) is 0 Å². The maximum absolute atomic E-state index is 12.5. The summed E-state index contributed by atoms with van der Waals surface area (Å²) in [6.45, 7) is 1.36. The van der Waals surface area contributed by atoms with Gasteiger partial charge >= 0.3 is 5.97 Å². The van der Waals surface area contributed by atoms with Gasteiger partial charge < -0.3 is 10.2 Å². The predicted molar refractivity (Wildman–Crippen MR) is 73.4 cm³/mol. The molecule has 0 bridgehead atoms. The van der Waals surface area contributed by atoms with Gasteiger partial charge in [0.2, 0.25) is 10.0 Å². The van der Waals surface area contributed by atoms with Gasteiger partial charge in [-0.2, -0.15) is 5.10 Å². The fourth-order valence-electron chi connectivity index (χ4n) is 2.73. The molecular weight excluding hydrogens is 298 g/mol. The Morgan fingerprint density at radius 2 is 2.10 bits per heavy atom. The molecule has 0 aromatic carbocycles. The molecule has 4 N–H and O–H groups in total. The molecule has 1 fully saturated rings. The molecule has 9 heteroatoms. The number of carbonyl (C=O) groups is 1. The molecule has 8 nitrogen and oxygen atoms in total. The quantitative estimate of drug-likeness (QED) is 0.615. The number of hydrogen-bond acceptors (Lipinski definition) is 5. The summed E-state index contributed by atoms with van der Waals surface area (Å²) in [6.07, 6.45) is 3.21. The molecule has 2 atom stereocenters. The van der Waals surface area contributed by atoms with Crippen LogP contribution >= 0.6 is 0 Å². The summed E-state index contributed by atoms with van der Waals surface area (Å²) < 4.78 is 27.4. The first-order chi connectivity index (χ1) is 9.86. The third-order valence-corrected chi connectivity index (χ3v) is 5.46. The second kappa shape index (κ2) is 6.12. The van der Waals surface area contributed by atoms with Gasteiger partial charge in [-0.15, -0.1) is 0 Å². The molecule has 21 heavy (non-hydrogen) atoms. The molecule has 0 amide bonds. The van der Waals surface area contributed by atoms with Gasteiger partial charge in [0, 0.05) is 12.6 Å². The van der Waals surface area contributed by atoms with Crippen LogP contribution in [0.2, 0.25) is 0 Å². The van der Waals surface area contributed by atoms with Crippen LogP contribution in [0.3, 0.4) is 0 Å². The number of nitrogens with zero attached hydrogens (tertiary/aromatic N) is 1. The Hall–Kier alpha value is -1.45. The zero-order chi connectivity index (χ0) is 15.6. The summed E-state index contributed by atoms with van der Waals surface area (Å²) in [6, 6.07) is -0.385. The van der Waals surface area contributed by atoms with E-state index in [0.717, 1.165) is 19.3 Å². The van der Waals surface area contributed by atoms with Crippen molar-refractivity contribution in [2.24, 2.45) is 5.92 Å². The molecule has 118 valence electrons. The second-order valence-corrected chi connectivity index (χ2v) is 6.94. The summed E-state index contributed by atoms with van der Waals surface area (Å²) in [5.41, 5.74) is -0.340. The number of nitrogens with one attached hydrogen (secondary N) is 2. The Kier molecular flexibility index (Phi) is 4.64. The van der Waals surface area contributed by atoms with Crippen LogP contribution in [0, 0.1) is 12.8 Å². The minimum Gasteiger partial charge on any atom is -0.476 e. The Balaban J connectivity index is 2.30. The van der Waals surface area contributed by atoms with Crippen LogP contribution in [0.25, 0.3) is 0 Å². The van der Waals surface area contributed by atoms with Gasteiger partial charge in [0.15, 0.2) is 5.69 Å². The number of aliphatic hydroxyl groups is 1. The molecule has 1 saturated carbocycles. The number of carboxylic acids is 1. The highest BCUT2D eigenvalue weighted by Gasteiger charge is 2.33. The first-order valence-corrected chi connectivity index (χ1v) is 8.26. The van der Waals surface area contributed by atoms with E-state index in [9.17, 15) is 18.3 Å². The Morgan fingerprint density at radius 3 is 2.71 bits per heavy atom. The Labute approximate surface area is 122 Å². The molecule has 1 aromatic rings. The fraction of sp³-hybridized carbons (Fsp3) is 0.667. The number of rotatable bonds is 5. The van der Waals surface area contributed by atoms with E-state index in [1.807, 2.05) is 0 Å². The van der Waals surface area contributed by atoms with Gasteiger partial charge in [0.05, 0.1) is 5.69 Å². The number of carboxylic acid groups (broad SMARTS) is 1. The molecule has 1 heterocycles. The lowest BCUT2D eigenvalue weighted by Gasteiger charge is -2.30. The van der Waals surface area contributed by atoms with Crippen molar-refractivity contribution in [2.45, 2.75) is 43.5 Å². The molecule has 0 aliphatic heterocycles. The highest BCUT2D eigenvalue weighted by Crippen LogP contribution is 2.26. The number of aryl methyl sites for hydroxylation is 1. The van der Waals surface area contributed by atoms with Crippen molar-refractivity contribution in [3.8, 4) is 0 Å². The van der Waals surface area contributed by atoms with Gasteiger partial charge in [-0.1, -0.05) is 12.8 Å². The van der Waals surface area contributed by atoms with E-state index in [0.29, 0.717) is 6.42 Å². The smallest absolute Gasteiger partial charge is 0.357 e. The molecule has 1 aliphatic rings. The Bertz CT molecular complexity index is 625. The summed E-state index contributed by atoms with van der Waals surface area (Å²) >= 11 is 0. The minimum absolute atomic E-state index is 0.0939. The van der Waals surface area contributed by atoms with Crippen LogP contribution in [-0.2, 0) is 10.0 Å². The number of aromatic nitrogens is 2. The third kappa shape index (κ3) is 3.25. The lowest BCUT2D eigenvalue weighted by Crippen LogP contribution is -2.43. The van der Waals surface area contributed by atoms with Gasteiger partial charge in [-0.3, -0.25) is 5.10 Å². The summed E-state index contributed by atoms with van der Waals surface area (Å²) in [5.74, 6) is -1.55. The second-order valence-electron chi connectivity index (χ2n) is 5.29. The lowest BCUT2D eigenvalue weighted by molar-refractivity contribution is 0.0686. The van der Waals surface area contributed by atoms with Crippen molar-refractivity contribution in [1.82, 2.24) is 14.9 Å². The van der Waals surface area contributed by atoms with Crippen molar-refractivity contribution >= 4 is 16.0 Å². The van der Waals surface area contributed by atoms with Crippen molar-refractivity contribution in [3.05, 3.63) is 11.4 Å². The number of H-pyrrole nitrogens is 1. The molecule has 2 unspecified atom stereocenters. The van der Waals surface area contributed by atoms with E-state index >= 15 is 0 Å². The molecule has 1 aliphatic carbocycles. The van der Waals surface area contributed by atoms with E-state index in [1.165, 1.54) is 6.92 Å². The van der Waals surface area contributed by atoms with E-state index in [4.69, 9.17) is 5.11 Å². The van der Waals surface area contributed by atoms with Gasteiger partial charge in [0.1, 0.15) is 4.90 Å². The predicted octanol–water partition coefficient (Wildman–Crippen LogP) is 0.246. The lowest BCUT2D eigenvalue weighted by atomic mass is 9.86. The first-order valence-electron chi connectivity index (χ1n) is 6.78. The van der Waals surface area contributed by atoms with Gasteiger partial charge in [-0.05, 0) is 25.7 Å². The summed E-state index contributed by atoms with van der Waals surface area (Å²) in [4.78, 5) is 10.7. The van der Waals surface area contributed by atoms with E-state index in [-0.39, 0.29) is 29.2 Å². The number of sulfonamides is 1. The normalized spacial score (nSPS) is 23.1. The monoisotopic (exact) mass is 317 g/mol. The van der Waals surface area contributed by atoms with Crippen LogP contribution in [0.5, 0.6) is 0 Å². The molecule has 2 rings (SSSR count). The maximum atomic E-state index is 12.5. The van der Waals surface area contributed by atoms with Crippen LogP contribution < -0.4 is 4.72 Å². The molecule has 0 radical (unpaired) electrons. The SMILES string of the molecule is Cc1[nH]nc(C(=O)O)c1S(=O)(=O)NC1CCCCC1CO. The van der Waals surface area contributed by atoms with Crippen molar-refractivity contribution in [1.29, 1.82) is 0 Å². The fourth-order valence-corrected chi connectivity index (χ4v) is 4.40. The largest absolute Gasteiger partial charge is 0.476 e. The molecule has 0 saturated heterocycles. The number of hydrogen-bond donors (Lipinski definition) is 4. The zero-order valence-electron chi connectivity index (χ0n) is 11.7. The number of aromatic amines is 1. The summed E-state index contributed by atoms with van der Waals surface area (Å²) in [7, 11) is -4.00. The molecule has 1 aromatic heterocycles. The highest BCUT2D eigenvalue weighted by atomic mass is 32.2. The van der Waals surface area contributed by atoms with Crippen LogP contribution in [0.15, 0.2) is 4.90 Å². The molecule has 0 spiro atoms. The molecular formula is C12H19N3O5S. The van der Waals surface area contributed by atoms with Crippen molar-refractivity contribution in [2.75, 3.05) is 6.61 Å². The van der Waals surface area contributed by atoms with Crippen molar-refractivity contribution in [3.63, 3.8) is 0 Å². The van der Waals surface area contributed by atoms with Crippen LogP contribution in [-0.4, -0.2) is 47.4 Å². The minimum atomic E-state index is -4.00. The Morgan fingerprint density at radius 1 is 1.43 bits per heavy atom. The zero-order valence-corrected chi connectivity index (χ0v) is 12.5. The third-order valence-electron chi connectivity index (χ3n) is 3.81. The number of aromatic carboxylic acids is 1. The highest BCUT2D eigenvalue weighted by molar-refractivity contribution is 7.89. The van der Waals surface area contributed by atoms with E-state index in [2.05, 4.69) is 14.9 Å². The maximum Gasteiger partial charge on any atom is 0.357 e. The summed E-state index contributed by atoms with van der Waals surface area (Å²) in [5, 5.41) is 24.3. The van der Waals surface area contributed by atoms with Crippen molar-refractivity contribution < 1.29 is 23.4 Å². The van der Waals surface area contributed by atoms with Gasteiger partial charge in [-0.25, -0.2) is 17.9 Å². The first kappa shape index (κ1) is 15.9. The van der Waals surface area contributed by atoms with Crippen LogP contribution in [0.4, 0.5) is 0 Å². The van der Waals surface area contributed by atoms with E-state index < -0.39 is 21.7 Å². The topological polar surface area (TPSA) is 132 Å². The average molecular weight is 317 g/mol.